The van der Waals surface area contributed by atoms with Crippen molar-refractivity contribution in [3.63, 3.8) is 0 Å². The number of halogens is 1. The van der Waals surface area contributed by atoms with E-state index in [1.807, 2.05) is 0 Å². The maximum absolute atomic E-state index is 12.0. The van der Waals surface area contributed by atoms with Gasteiger partial charge in [0.05, 0.1) is 6.54 Å². The minimum absolute atomic E-state index is 0.110. The molecule has 0 unspecified atom stereocenters. The molecule has 0 fully saturated rings. The van der Waals surface area contributed by atoms with Crippen LogP contribution in [0.5, 0.6) is 0 Å². The third-order valence-electron chi connectivity index (χ3n) is 3.13. The van der Waals surface area contributed by atoms with Crippen molar-refractivity contribution in [3.05, 3.63) is 46.3 Å². The summed E-state index contributed by atoms with van der Waals surface area (Å²) in [7, 11) is 0. The summed E-state index contributed by atoms with van der Waals surface area (Å²) in [5, 5.41) is 7.84. The third kappa shape index (κ3) is 4.69. The Kier molecular flexibility index (Phi) is 5.75. The Hall–Kier alpha value is -2.61. The molecule has 2 aromatic rings. The van der Waals surface area contributed by atoms with Crippen LogP contribution in [0.15, 0.2) is 39.4 Å². The van der Waals surface area contributed by atoms with Gasteiger partial charge in [-0.3, -0.25) is 14.4 Å². The van der Waals surface area contributed by atoms with E-state index in [2.05, 4.69) is 31.9 Å². The van der Waals surface area contributed by atoms with Crippen molar-refractivity contribution in [2.45, 2.75) is 13.8 Å². The molecule has 2 rings (SSSR count). The second kappa shape index (κ2) is 7.78. The summed E-state index contributed by atoms with van der Waals surface area (Å²) < 4.78 is 5.53. The lowest BCUT2D eigenvalue weighted by atomic mass is 10.1. The highest BCUT2D eigenvalue weighted by atomic mass is 79.9. The maximum atomic E-state index is 12.0. The molecule has 8 heteroatoms. The molecule has 0 atom stereocenters. The van der Waals surface area contributed by atoms with E-state index in [1.165, 1.54) is 13.0 Å². The fraction of sp³-hybridized carbons (Fsp3) is 0.188. The fourth-order valence-electron chi connectivity index (χ4n) is 1.97. The molecule has 0 aliphatic carbocycles. The molecule has 126 valence electrons. The SMILES string of the molecule is CC(=O)Nc1cccc(NC(=O)CNC(=O)c2ccc(Br)o2)c1C. The van der Waals surface area contributed by atoms with Gasteiger partial charge in [-0.05, 0) is 52.7 Å². The molecule has 0 saturated heterocycles. The summed E-state index contributed by atoms with van der Waals surface area (Å²) in [6.45, 7) is 2.98. The highest BCUT2D eigenvalue weighted by molar-refractivity contribution is 9.10. The van der Waals surface area contributed by atoms with Gasteiger partial charge in [-0.25, -0.2) is 0 Å². The molecule has 0 bridgehead atoms. The fourth-order valence-corrected chi connectivity index (χ4v) is 2.28. The second-order valence-electron chi connectivity index (χ2n) is 4.99. The summed E-state index contributed by atoms with van der Waals surface area (Å²) in [5.41, 5.74) is 1.90. The van der Waals surface area contributed by atoms with Crippen molar-refractivity contribution < 1.29 is 18.8 Å². The largest absolute Gasteiger partial charge is 0.444 e. The van der Waals surface area contributed by atoms with Crippen molar-refractivity contribution in [3.8, 4) is 0 Å². The van der Waals surface area contributed by atoms with Crippen LogP contribution in [-0.4, -0.2) is 24.3 Å². The van der Waals surface area contributed by atoms with Crippen molar-refractivity contribution in [1.29, 1.82) is 0 Å². The van der Waals surface area contributed by atoms with Gasteiger partial charge in [0.15, 0.2) is 10.4 Å². The number of benzene rings is 1. The van der Waals surface area contributed by atoms with Crippen molar-refractivity contribution in [2.24, 2.45) is 0 Å². The van der Waals surface area contributed by atoms with E-state index >= 15 is 0 Å². The van der Waals surface area contributed by atoms with Gasteiger partial charge in [0.2, 0.25) is 11.8 Å². The number of carbonyl (C=O) groups is 3. The quantitative estimate of drug-likeness (QED) is 0.726. The second-order valence-corrected chi connectivity index (χ2v) is 5.78. The Bertz CT molecular complexity index is 785. The van der Waals surface area contributed by atoms with Gasteiger partial charge >= 0.3 is 0 Å². The highest BCUT2D eigenvalue weighted by Crippen LogP contribution is 2.23. The number of amides is 3. The van der Waals surface area contributed by atoms with Crippen LogP contribution in [0.25, 0.3) is 0 Å². The summed E-state index contributed by atoms with van der Waals surface area (Å²) in [5.74, 6) is -0.964. The number of hydrogen-bond donors (Lipinski definition) is 3. The van der Waals surface area contributed by atoms with E-state index in [0.29, 0.717) is 16.0 Å². The Morgan fingerprint density at radius 1 is 1.08 bits per heavy atom. The van der Waals surface area contributed by atoms with Crippen molar-refractivity contribution in [2.75, 3.05) is 17.2 Å². The first-order valence-electron chi connectivity index (χ1n) is 7.07. The van der Waals surface area contributed by atoms with Gasteiger partial charge < -0.3 is 20.4 Å². The average Bonchev–Trinajstić information content (AvgIpc) is 2.95. The Morgan fingerprint density at radius 3 is 2.33 bits per heavy atom. The molecule has 1 aromatic heterocycles. The maximum Gasteiger partial charge on any atom is 0.287 e. The zero-order valence-corrected chi connectivity index (χ0v) is 14.7. The minimum Gasteiger partial charge on any atom is -0.444 e. The first-order valence-corrected chi connectivity index (χ1v) is 7.86. The van der Waals surface area contributed by atoms with Gasteiger partial charge in [-0.2, -0.15) is 0 Å². The minimum atomic E-state index is -0.487. The van der Waals surface area contributed by atoms with E-state index in [9.17, 15) is 14.4 Å². The lowest BCUT2D eigenvalue weighted by Crippen LogP contribution is -2.32. The van der Waals surface area contributed by atoms with E-state index in [4.69, 9.17) is 4.42 Å². The lowest BCUT2D eigenvalue weighted by Gasteiger charge is -2.13. The van der Waals surface area contributed by atoms with Gasteiger partial charge in [-0.15, -0.1) is 0 Å². The van der Waals surface area contributed by atoms with Gasteiger partial charge in [-0.1, -0.05) is 6.07 Å². The summed E-state index contributed by atoms with van der Waals surface area (Å²) in [6.07, 6.45) is 0. The third-order valence-corrected chi connectivity index (χ3v) is 3.55. The summed E-state index contributed by atoms with van der Waals surface area (Å²) in [4.78, 5) is 34.9. The normalized spacial score (nSPS) is 10.1. The smallest absolute Gasteiger partial charge is 0.287 e. The first-order chi connectivity index (χ1) is 11.4. The molecule has 3 amide bonds. The molecule has 7 nitrogen and oxygen atoms in total. The first kappa shape index (κ1) is 17.7. The monoisotopic (exact) mass is 393 g/mol. The average molecular weight is 394 g/mol. The number of hydrogen-bond acceptors (Lipinski definition) is 4. The molecule has 0 aliphatic heterocycles. The Labute approximate surface area is 146 Å². The molecule has 0 aliphatic rings. The predicted molar refractivity (Wildman–Crippen MR) is 92.9 cm³/mol. The van der Waals surface area contributed by atoms with E-state index in [0.717, 1.165) is 5.56 Å². The molecule has 0 radical (unpaired) electrons. The zero-order valence-electron chi connectivity index (χ0n) is 13.1. The van der Waals surface area contributed by atoms with Crippen molar-refractivity contribution >= 4 is 45.0 Å². The predicted octanol–water partition coefficient (Wildman–Crippen LogP) is 2.68. The standard InChI is InChI=1S/C16H16BrN3O4/c1-9-11(19-10(2)21)4-3-5-12(9)20-15(22)8-18-16(23)13-6-7-14(17)24-13/h3-7H,8H2,1-2H3,(H,18,23)(H,19,21)(H,20,22). The number of furan rings is 1. The van der Waals surface area contributed by atoms with Crippen LogP contribution >= 0.6 is 15.9 Å². The Morgan fingerprint density at radius 2 is 1.75 bits per heavy atom. The molecular formula is C16H16BrN3O4. The number of anilines is 2. The van der Waals surface area contributed by atoms with Crippen LogP contribution in [0.3, 0.4) is 0 Å². The topological polar surface area (TPSA) is 100 Å². The van der Waals surface area contributed by atoms with Gasteiger partial charge in [0, 0.05) is 18.3 Å². The molecule has 3 N–H and O–H groups in total. The number of carbonyl (C=O) groups excluding carboxylic acids is 3. The summed E-state index contributed by atoms with van der Waals surface area (Å²) >= 11 is 3.10. The van der Waals surface area contributed by atoms with Crippen LogP contribution in [0.1, 0.15) is 23.0 Å². The molecule has 0 saturated carbocycles. The van der Waals surface area contributed by atoms with Crippen molar-refractivity contribution in [1.82, 2.24) is 5.32 Å². The zero-order chi connectivity index (χ0) is 17.7. The van der Waals surface area contributed by atoms with Crippen LogP contribution in [-0.2, 0) is 9.59 Å². The number of nitrogens with one attached hydrogen (secondary N) is 3. The van der Waals surface area contributed by atoms with Gasteiger partial charge in [0.1, 0.15) is 0 Å². The van der Waals surface area contributed by atoms with E-state index in [-0.39, 0.29) is 18.2 Å². The van der Waals surface area contributed by atoms with Crippen LogP contribution in [0.2, 0.25) is 0 Å². The van der Waals surface area contributed by atoms with Crippen LogP contribution in [0.4, 0.5) is 11.4 Å². The van der Waals surface area contributed by atoms with E-state index in [1.54, 1.807) is 31.2 Å². The molecule has 24 heavy (non-hydrogen) atoms. The van der Waals surface area contributed by atoms with Crippen LogP contribution in [0, 0.1) is 6.92 Å². The molecule has 0 spiro atoms. The number of rotatable bonds is 5. The molecule has 1 heterocycles. The summed E-state index contributed by atoms with van der Waals surface area (Å²) in [6, 6.07) is 8.25. The Balaban J connectivity index is 1.95. The lowest BCUT2D eigenvalue weighted by molar-refractivity contribution is -0.115. The molecular weight excluding hydrogens is 378 g/mol. The van der Waals surface area contributed by atoms with Gasteiger partial charge in [0.25, 0.3) is 5.91 Å². The van der Waals surface area contributed by atoms with E-state index < -0.39 is 11.8 Å². The highest BCUT2D eigenvalue weighted by Gasteiger charge is 2.13. The molecule has 1 aromatic carbocycles. The van der Waals surface area contributed by atoms with Crippen LogP contribution < -0.4 is 16.0 Å².